The van der Waals surface area contributed by atoms with Crippen molar-refractivity contribution in [3.05, 3.63) is 29.6 Å². The highest BCUT2D eigenvalue weighted by Crippen LogP contribution is 2.16. The molecule has 1 rings (SSSR count). The van der Waals surface area contributed by atoms with E-state index in [1.807, 2.05) is 0 Å². The second kappa shape index (κ2) is 6.12. The number of hydrogen-bond acceptors (Lipinski definition) is 2. The molecular formula is C13H16FNO. The van der Waals surface area contributed by atoms with Gasteiger partial charge in [-0.25, -0.2) is 4.39 Å². The molecule has 0 bridgehead atoms. The third-order valence-electron chi connectivity index (χ3n) is 2.26. The first-order chi connectivity index (χ1) is 7.63. The van der Waals surface area contributed by atoms with Gasteiger partial charge in [-0.3, -0.25) is 0 Å². The van der Waals surface area contributed by atoms with Crippen molar-refractivity contribution in [1.29, 1.82) is 5.26 Å². The van der Waals surface area contributed by atoms with Crippen molar-refractivity contribution in [2.24, 2.45) is 5.92 Å². The highest BCUT2D eigenvalue weighted by Gasteiger charge is 2.03. The fourth-order valence-electron chi connectivity index (χ4n) is 1.36. The second-order valence-corrected chi connectivity index (χ2v) is 4.14. The van der Waals surface area contributed by atoms with E-state index in [0.29, 0.717) is 18.3 Å². The minimum Gasteiger partial charge on any atom is -0.493 e. The maximum atomic E-state index is 13.2. The van der Waals surface area contributed by atoms with Crippen LogP contribution in [0.15, 0.2) is 18.2 Å². The van der Waals surface area contributed by atoms with Gasteiger partial charge in [-0.05, 0) is 30.9 Å². The summed E-state index contributed by atoms with van der Waals surface area (Å²) in [4.78, 5) is 0. The molecule has 0 N–H and O–H groups in total. The Balaban J connectivity index is 2.44. The average Bonchev–Trinajstić information content (AvgIpc) is 2.24. The van der Waals surface area contributed by atoms with Gasteiger partial charge in [0.25, 0.3) is 0 Å². The van der Waals surface area contributed by atoms with E-state index >= 15 is 0 Å². The summed E-state index contributed by atoms with van der Waals surface area (Å²) in [5.74, 6) is 0.616. The maximum absolute atomic E-state index is 13.2. The minimum atomic E-state index is -0.524. The first-order valence-corrected chi connectivity index (χ1v) is 5.46. The quantitative estimate of drug-likeness (QED) is 0.713. The number of nitrogens with zero attached hydrogens (tertiary/aromatic N) is 1. The molecule has 0 aromatic heterocycles. The van der Waals surface area contributed by atoms with Crippen LogP contribution in [0.5, 0.6) is 5.75 Å². The van der Waals surface area contributed by atoms with E-state index in [2.05, 4.69) is 13.8 Å². The van der Waals surface area contributed by atoms with Crippen LogP contribution in [0.25, 0.3) is 0 Å². The zero-order chi connectivity index (χ0) is 12.0. The van der Waals surface area contributed by atoms with Gasteiger partial charge in [0.15, 0.2) is 0 Å². The first kappa shape index (κ1) is 12.5. The minimum absolute atomic E-state index is 0.0505. The molecule has 2 nitrogen and oxygen atoms in total. The molecule has 86 valence electrons. The van der Waals surface area contributed by atoms with Gasteiger partial charge in [-0.2, -0.15) is 5.26 Å². The summed E-state index contributed by atoms with van der Waals surface area (Å²) in [5.41, 5.74) is 0.0505. The summed E-state index contributed by atoms with van der Waals surface area (Å²) in [5, 5.41) is 8.55. The Hall–Kier alpha value is -1.56. The number of nitriles is 1. The Labute approximate surface area is 95.7 Å². The molecule has 0 aliphatic carbocycles. The van der Waals surface area contributed by atoms with Gasteiger partial charge in [0.05, 0.1) is 12.2 Å². The van der Waals surface area contributed by atoms with Gasteiger partial charge >= 0.3 is 0 Å². The Kier molecular flexibility index (Phi) is 4.78. The van der Waals surface area contributed by atoms with Crippen molar-refractivity contribution < 1.29 is 9.13 Å². The van der Waals surface area contributed by atoms with Crippen molar-refractivity contribution in [3.63, 3.8) is 0 Å². The standard InChI is InChI=1S/C13H16FNO/c1-10(2)4-3-7-16-12-6-5-11(9-15)13(14)8-12/h5-6,8,10H,3-4,7H2,1-2H3. The van der Waals surface area contributed by atoms with Gasteiger partial charge in [0.2, 0.25) is 0 Å². The topological polar surface area (TPSA) is 33.0 Å². The van der Waals surface area contributed by atoms with Crippen LogP contribution in [0.2, 0.25) is 0 Å². The number of benzene rings is 1. The molecular weight excluding hydrogens is 205 g/mol. The molecule has 0 saturated carbocycles. The lowest BCUT2D eigenvalue weighted by Gasteiger charge is -2.07. The first-order valence-electron chi connectivity index (χ1n) is 5.46. The maximum Gasteiger partial charge on any atom is 0.144 e. The number of ether oxygens (including phenoxy) is 1. The fourth-order valence-corrected chi connectivity index (χ4v) is 1.36. The molecule has 16 heavy (non-hydrogen) atoms. The summed E-state index contributed by atoms with van der Waals surface area (Å²) in [7, 11) is 0. The third kappa shape index (κ3) is 3.90. The van der Waals surface area contributed by atoms with Crippen LogP contribution in [0.4, 0.5) is 4.39 Å². The summed E-state index contributed by atoms with van der Waals surface area (Å²) in [6.07, 6.45) is 2.05. The summed E-state index contributed by atoms with van der Waals surface area (Å²) < 4.78 is 18.6. The Bertz CT molecular complexity index is 382. The van der Waals surface area contributed by atoms with E-state index in [9.17, 15) is 4.39 Å². The fraction of sp³-hybridized carbons (Fsp3) is 0.462. The molecule has 1 aromatic carbocycles. The van der Waals surface area contributed by atoms with Gasteiger partial charge in [-0.1, -0.05) is 13.8 Å². The second-order valence-electron chi connectivity index (χ2n) is 4.14. The van der Waals surface area contributed by atoms with Gasteiger partial charge in [-0.15, -0.1) is 0 Å². The van der Waals surface area contributed by atoms with E-state index in [4.69, 9.17) is 10.00 Å². The smallest absolute Gasteiger partial charge is 0.144 e. The number of halogens is 1. The largest absolute Gasteiger partial charge is 0.493 e. The normalized spacial score (nSPS) is 10.2. The van der Waals surface area contributed by atoms with Crippen LogP contribution < -0.4 is 4.74 Å². The number of hydrogen-bond donors (Lipinski definition) is 0. The molecule has 0 heterocycles. The monoisotopic (exact) mass is 221 g/mol. The van der Waals surface area contributed by atoms with Crippen molar-refractivity contribution in [2.75, 3.05) is 6.61 Å². The van der Waals surface area contributed by atoms with E-state index in [0.717, 1.165) is 12.8 Å². The van der Waals surface area contributed by atoms with Crippen LogP contribution in [-0.2, 0) is 0 Å². The van der Waals surface area contributed by atoms with E-state index in [1.54, 1.807) is 12.1 Å². The van der Waals surface area contributed by atoms with Crippen LogP contribution in [0.3, 0.4) is 0 Å². The van der Waals surface area contributed by atoms with Gasteiger partial charge in [0, 0.05) is 6.07 Å². The molecule has 0 spiro atoms. The molecule has 0 fully saturated rings. The van der Waals surface area contributed by atoms with Crippen LogP contribution in [0.1, 0.15) is 32.3 Å². The molecule has 0 amide bonds. The van der Waals surface area contributed by atoms with Crippen LogP contribution in [-0.4, -0.2) is 6.61 Å². The van der Waals surface area contributed by atoms with Crippen molar-refractivity contribution in [2.45, 2.75) is 26.7 Å². The Morgan fingerprint density at radius 1 is 1.44 bits per heavy atom. The van der Waals surface area contributed by atoms with Crippen LogP contribution >= 0.6 is 0 Å². The van der Waals surface area contributed by atoms with E-state index in [1.165, 1.54) is 12.1 Å². The van der Waals surface area contributed by atoms with Crippen LogP contribution in [0, 0.1) is 23.1 Å². The third-order valence-corrected chi connectivity index (χ3v) is 2.26. The lowest BCUT2D eigenvalue weighted by atomic mass is 10.1. The zero-order valence-corrected chi connectivity index (χ0v) is 9.66. The molecule has 0 aliphatic rings. The molecule has 0 radical (unpaired) electrons. The average molecular weight is 221 g/mol. The molecule has 1 aromatic rings. The molecule has 0 aliphatic heterocycles. The SMILES string of the molecule is CC(C)CCCOc1ccc(C#N)c(F)c1. The van der Waals surface area contributed by atoms with E-state index in [-0.39, 0.29) is 5.56 Å². The highest BCUT2D eigenvalue weighted by atomic mass is 19.1. The molecule has 0 atom stereocenters. The number of rotatable bonds is 5. The lowest BCUT2D eigenvalue weighted by molar-refractivity contribution is 0.296. The predicted octanol–water partition coefficient (Wildman–Crippen LogP) is 3.51. The predicted molar refractivity (Wildman–Crippen MR) is 60.7 cm³/mol. The highest BCUT2D eigenvalue weighted by molar-refractivity contribution is 5.36. The van der Waals surface area contributed by atoms with Crippen molar-refractivity contribution in [3.8, 4) is 11.8 Å². The molecule has 3 heteroatoms. The van der Waals surface area contributed by atoms with Gasteiger partial charge < -0.3 is 4.74 Å². The van der Waals surface area contributed by atoms with Crippen molar-refractivity contribution >= 4 is 0 Å². The molecule has 0 saturated heterocycles. The molecule has 0 unspecified atom stereocenters. The lowest BCUT2D eigenvalue weighted by Crippen LogP contribution is -2.00. The van der Waals surface area contributed by atoms with Crippen molar-refractivity contribution in [1.82, 2.24) is 0 Å². The summed E-state index contributed by atoms with van der Waals surface area (Å²) in [6.45, 7) is 4.90. The summed E-state index contributed by atoms with van der Waals surface area (Å²) >= 11 is 0. The van der Waals surface area contributed by atoms with Gasteiger partial charge in [0.1, 0.15) is 17.6 Å². The zero-order valence-electron chi connectivity index (χ0n) is 9.66. The van der Waals surface area contributed by atoms with E-state index < -0.39 is 5.82 Å². The Morgan fingerprint density at radius 2 is 2.19 bits per heavy atom. The summed E-state index contributed by atoms with van der Waals surface area (Å²) in [6, 6.07) is 6.09. The Morgan fingerprint density at radius 3 is 2.75 bits per heavy atom.